The monoisotopic (exact) mass is 409 g/mol. The van der Waals surface area contributed by atoms with Gasteiger partial charge in [-0.05, 0) is 18.4 Å². The van der Waals surface area contributed by atoms with Crippen LogP contribution in [0.4, 0.5) is 11.8 Å². The van der Waals surface area contributed by atoms with Gasteiger partial charge in [-0.15, -0.1) is 24.8 Å². The van der Waals surface area contributed by atoms with E-state index < -0.39 is 0 Å². The number of hydrogen-bond donors (Lipinski definition) is 1. The number of hydrogen-bond acceptors (Lipinski definition) is 5. The van der Waals surface area contributed by atoms with Crippen LogP contribution >= 0.6 is 24.8 Å². The molecule has 1 aromatic heterocycles. The maximum absolute atomic E-state index is 5.95. The lowest BCUT2D eigenvalue weighted by atomic mass is 9.78. The lowest BCUT2D eigenvalue weighted by molar-refractivity contribution is 0.345. The first kappa shape index (κ1) is 23.2. The second-order valence-electron chi connectivity index (χ2n) is 6.97. The van der Waals surface area contributed by atoms with Crippen LogP contribution in [-0.4, -0.2) is 43.7 Å². The summed E-state index contributed by atoms with van der Waals surface area (Å²) in [5, 5.41) is 0. The van der Waals surface area contributed by atoms with Crippen molar-refractivity contribution in [3.8, 4) is 0 Å². The lowest BCUT2D eigenvalue weighted by Crippen LogP contribution is -2.35. The van der Waals surface area contributed by atoms with Crippen molar-refractivity contribution in [2.75, 3.05) is 37.5 Å². The van der Waals surface area contributed by atoms with E-state index in [1.165, 1.54) is 5.56 Å². The summed E-state index contributed by atoms with van der Waals surface area (Å²) >= 11 is 0. The molecular formula is C20H29Cl2N5. The fraction of sp³-hybridized carbons (Fsp3) is 0.400. The number of aromatic nitrogens is 2. The topological polar surface area (TPSA) is 58.3 Å². The molecule has 1 aliphatic rings. The Morgan fingerprint density at radius 3 is 2.33 bits per heavy atom. The number of nitrogens with zero attached hydrogens (tertiary/aromatic N) is 4. The van der Waals surface area contributed by atoms with Gasteiger partial charge >= 0.3 is 0 Å². The van der Waals surface area contributed by atoms with Gasteiger partial charge in [0.2, 0.25) is 5.95 Å². The molecule has 7 heteroatoms. The highest BCUT2D eigenvalue weighted by Crippen LogP contribution is 2.36. The number of halogens is 2. The van der Waals surface area contributed by atoms with E-state index in [1.807, 2.05) is 37.2 Å². The van der Waals surface area contributed by atoms with E-state index in [1.54, 1.807) is 0 Å². The Labute approximate surface area is 174 Å². The van der Waals surface area contributed by atoms with Crippen LogP contribution in [0.5, 0.6) is 0 Å². The Bertz CT molecular complexity index is 730. The Balaban J connectivity index is 0.00000182. The van der Waals surface area contributed by atoms with Crippen LogP contribution in [0, 0.1) is 0 Å². The third-order valence-electron chi connectivity index (χ3n) is 4.59. The Hall–Kier alpha value is -1.82. The Kier molecular flexibility index (Phi) is 9.03. The molecule has 3 rings (SSSR count). The zero-order valence-corrected chi connectivity index (χ0v) is 17.7. The molecule has 1 saturated carbocycles. The van der Waals surface area contributed by atoms with Gasteiger partial charge in [-0.25, -0.2) is 4.98 Å². The summed E-state index contributed by atoms with van der Waals surface area (Å²) in [6.45, 7) is 0.794. The van der Waals surface area contributed by atoms with Crippen molar-refractivity contribution < 1.29 is 0 Å². The largest absolute Gasteiger partial charge is 0.356 e. The highest BCUT2D eigenvalue weighted by molar-refractivity contribution is 5.85. The van der Waals surface area contributed by atoms with Gasteiger partial charge in [0, 0.05) is 45.7 Å². The van der Waals surface area contributed by atoms with Crippen molar-refractivity contribution in [3.63, 3.8) is 0 Å². The first-order chi connectivity index (χ1) is 12.0. The SMILES string of the molecule is CN(C)c1nc(C2CC(N)C2)cc(N(C)CC=Cc2ccccc2)n1.Cl.Cl. The summed E-state index contributed by atoms with van der Waals surface area (Å²) in [5.74, 6) is 2.17. The minimum absolute atomic E-state index is 0. The predicted octanol–water partition coefficient (Wildman–Crippen LogP) is 3.74. The summed E-state index contributed by atoms with van der Waals surface area (Å²) in [5.41, 5.74) is 8.26. The Morgan fingerprint density at radius 1 is 1.07 bits per heavy atom. The van der Waals surface area contributed by atoms with Crippen LogP contribution in [0.1, 0.15) is 30.0 Å². The van der Waals surface area contributed by atoms with Gasteiger partial charge in [-0.2, -0.15) is 4.98 Å². The van der Waals surface area contributed by atoms with Crippen molar-refractivity contribution in [2.45, 2.75) is 24.8 Å². The molecule has 5 nitrogen and oxygen atoms in total. The average molecular weight is 410 g/mol. The van der Waals surface area contributed by atoms with E-state index in [4.69, 9.17) is 15.7 Å². The average Bonchev–Trinajstić information content (AvgIpc) is 2.59. The van der Waals surface area contributed by atoms with Crippen molar-refractivity contribution in [2.24, 2.45) is 5.73 Å². The van der Waals surface area contributed by atoms with Crippen molar-refractivity contribution in [1.29, 1.82) is 0 Å². The van der Waals surface area contributed by atoms with Crippen LogP contribution in [0.25, 0.3) is 6.08 Å². The first-order valence-corrected chi connectivity index (χ1v) is 8.77. The lowest BCUT2D eigenvalue weighted by Gasteiger charge is -2.33. The smallest absolute Gasteiger partial charge is 0.227 e. The van der Waals surface area contributed by atoms with Crippen molar-refractivity contribution >= 4 is 42.7 Å². The molecule has 0 saturated heterocycles. The molecule has 1 fully saturated rings. The minimum Gasteiger partial charge on any atom is -0.356 e. The van der Waals surface area contributed by atoms with Crippen molar-refractivity contribution in [1.82, 2.24) is 9.97 Å². The van der Waals surface area contributed by atoms with Crippen molar-refractivity contribution in [3.05, 3.63) is 53.7 Å². The van der Waals surface area contributed by atoms with Crippen LogP contribution in [0.15, 0.2) is 42.5 Å². The second-order valence-corrected chi connectivity index (χ2v) is 6.97. The molecule has 0 bridgehead atoms. The number of anilines is 2. The minimum atomic E-state index is 0. The Morgan fingerprint density at radius 2 is 1.74 bits per heavy atom. The maximum Gasteiger partial charge on any atom is 0.227 e. The van der Waals surface area contributed by atoms with E-state index in [2.05, 4.69) is 42.3 Å². The zero-order chi connectivity index (χ0) is 17.8. The van der Waals surface area contributed by atoms with Gasteiger partial charge in [0.1, 0.15) is 5.82 Å². The van der Waals surface area contributed by atoms with Crippen LogP contribution < -0.4 is 15.5 Å². The van der Waals surface area contributed by atoms with E-state index in [0.29, 0.717) is 12.0 Å². The molecule has 27 heavy (non-hydrogen) atoms. The fourth-order valence-corrected chi connectivity index (χ4v) is 2.95. The van der Waals surface area contributed by atoms with Gasteiger partial charge in [-0.1, -0.05) is 42.5 Å². The van der Waals surface area contributed by atoms with E-state index in [-0.39, 0.29) is 24.8 Å². The molecule has 1 heterocycles. The summed E-state index contributed by atoms with van der Waals surface area (Å²) in [6.07, 6.45) is 6.32. The number of likely N-dealkylation sites (N-methyl/N-ethyl adjacent to an activating group) is 1. The highest BCUT2D eigenvalue weighted by Gasteiger charge is 2.29. The highest BCUT2D eigenvalue weighted by atomic mass is 35.5. The number of nitrogens with two attached hydrogens (primary N) is 1. The third-order valence-corrected chi connectivity index (χ3v) is 4.59. The maximum atomic E-state index is 5.95. The fourth-order valence-electron chi connectivity index (χ4n) is 2.95. The van der Waals surface area contributed by atoms with Crippen LogP contribution in [0.2, 0.25) is 0 Å². The standard InChI is InChI=1S/C20H27N5.2ClH/c1-24(2)20-22-18(16-12-17(21)13-16)14-19(23-20)25(3)11-7-10-15-8-5-4-6-9-15;;/h4-10,14,16-17H,11-13,21H2,1-3H3;2*1H. The molecular weight excluding hydrogens is 381 g/mol. The summed E-state index contributed by atoms with van der Waals surface area (Å²) < 4.78 is 0. The van der Waals surface area contributed by atoms with Gasteiger partial charge in [0.15, 0.2) is 0 Å². The van der Waals surface area contributed by atoms with Gasteiger partial charge in [0.05, 0.1) is 5.69 Å². The van der Waals surface area contributed by atoms with Crippen LogP contribution in [-0.2, 0) is 0 Å². The van der Waals surface area contributed by atoms with Gasteiger partial charge < -0.3 is 15.5 Å². The molecule has 0 aliphatic heterocycles. The molecule has 0 radical (unpaired) electrons. The van der Waals surface area contributed by atoms with E-state index in [9.17, 15) is 0 Å². The number of benzene rings is 1. The van der Waals surface area contributed by atoms with Gasteiger partial charge in [0.25, 0.3) is 0 Å². The second kappa shape index (κ2) is 10.5. The third kappa shape index (κ3) is 6.09. The number of rotatable bonds is 6. The first-order valence-electron chi connectivity index (χ1n) is 8.77. The van der Waals surface area contributed by atoms with Gasteiger partial charge in [-0.3, -0.25) is 0 Å². The molecule has 0 amide bonds. The molecule has 1 aliphatic carbocycles. The van der Waals surface area contributed by atoms with Crippen LogP contribution in [0.3, 0.4) is 0 Å². The van der Waals surface area contributed by atoms with E-state index in [0.717, 1.165) is 36.8 Å². The zero-order valence-electron chi connectivity index (χ0n) is 16.1. The molecule has 0 atom stereocenters. The van der Waals surface area contributed by atoms with E-state index >= 15 is 0 Å². The molecule has 2 N–H and O–H groups in total. The quantitative estimate of drug-likeness (QED) is 0.786. The molecule has 0 spiro atoms. The molecule has 2 aromatic rings. The molecule has 1 aromatic carbocycles. The predicted molar refractivity (Wildman–Crippen MR) is 120 cm³/mol. The molecule has 0 unspecified atom stereocenters. The molecule has 148 valence electrons. The summed E-state index contributed by atoms with van der Waals surface area (Å²) in [4.78, 5) is 13.5. The summed E-state index contributed by atoms with van der Waals surface area (Å²) in [7, 11) is 6.02. The normalized spacial score (nSPS) is 18.2. The summed E-state index contributed by atoms with van der Waals surface area (Å²) in [6, 6.07) is 12.8.